The highest BCUT2D eigenvalue weighted by atomic mass is 35.5. The monoisotopic (exact) mass is 439 g/mol. The minimum atomic E-state index is -3.51. The number of sulfonamides is 1. The van der Waals surface area contributed by atoms with Gasteiger partial charge in [0.15, 0.2) is 5.82 Å². The molecule has 0 N–H and O–H groups in total. The fourth-order valence-electron chi connectivity index (χ4n) is 4.31. The number of rotatable bonds is 5. The smallest absolute Gasteiger partial charge is 0.243 e. The molecule has 0 bridgehead atoms. The molecule has 2 aliphatic rings. The molecule has 158 valence electrons. The molecular weight excluding hydrogens is 414 g/mol. The summed E-state index contributed by atoms with van der Waals surface area (Å²) in [6.45, 7) is 3.60. The summed E-state index contributed by atoms with van der Waals surface area (Å²) in [5.74, 6) is 1.84. The molecule has 9 heteroatoms. The topological polar surface area (TPSA) is 85.5 Å². The molecule has 1 unspecified atom stereocenters. The van der Waals surface area contributed by atoms with E-state index in [0.29, 0.717) is 49.4 Å². The molecule has 29 heavy (non-hydrogen) atoms. The summed E-state index contributed by atoms with van der Waals surface area (Å²) in [4.78, 5) is 4.71. The lowest BCUT2D eigenvalue weighted by Gasteiger charge is -2.45. The number of piperidine rings is 1. The van der Waals surface area contributed by atoms with Gasteiger partial charge in [0.25, 0.3) is 0 Å². The first kappa shape index (κ1) is 20.8. The van der Waals surface area contributed by atoms with E-state index in [-0.39, 0.29) is 10.5 Å². The van der Waals surface area contributed by atoms with Crippen LogP contribution in [0.25, 0.3) is 0 Å². The Morgan fingerprint density at radius 1 is 1.24 bits per heavy atom. The summed E-state index contributed by atoms with van der Waals surface area (Å²) in [5.41, 5.74) is -0.261. The van der Waals surface area contributed by atoms with Crippen LogP contribution in [0, 0.1) is 5.92 Å². The van der Waals surface area contributed by atoms with Crippen LogP contribution in [0.5, 0.6) is 0 Å². The molecule has 1 spiro atoms. The molecule has 0 radical (unpaired) electrons. The van der Waals surface area contributed by atoms with Gasteiger partial charge in [-0.05, 0) is 55.9 Å². The van der Waals surface area contributed by atoms with Crippen LogP contribution in [0.2, 0.25) is 5.02 Å². The normalized spacial score (nSPS) is 22.8. The van der Waals surface area contributed by atoms with Crippen molar-refractivity contribution in [1.29, 1.82) is 0 Å². The van der Waals surface area contributed by atoms with E-state index in [1.807, 2.05) is 6.92 Å². The van der Waals surface area contributed by atoms with E-state index >= 15 is 0 Å². The minimum absolute atomic E-state index is 0.261. The highest BCUT2D eigenvalue weighted by molar-refractivity contribution is 7.89. The maximum atomic E-state index is 12.9. The molecule has 1 aromatic carbocycles. The van der Waals surface area contributed by atoms with Crippen molar-refractivity contribution in [3.63, 3.8) is 0 Å². The SMILES string of the molecule is CCc1noc(CC2CCOC3(CCN(S(=O)(=O)c4ccc(Cl)cc4)CC3)C2)n1. The van der Waals surface area contributed by atoms with Crippen molar-refractivity contribution in [2.45, 2.75) is 55.9 Å². The number of hydrogen-bond donors (Lipinski definition) is 0. The molecule has 0 saturated carbocycles. The Balaban J connectivity index is 1.39. The highest BCUT2D eigenvalue weighted by Crippen LogP contribution is 2.39. The predicted molar refractivity (Wildman–Crippen MR) is 108 cm³/mol. The van der Waals surface area contributed by atoms with E-state index in [0.717, 1.165) is 31.5 Å². The first-order valence-corrected chi connectivity index (χ1v) is 11.9. The van der Waals surface area contributed by atoms with Gasteiger partial charge in [0.1, 0.15) is 0 Å². The first-order chi connectivity index (χ1) is 13.9. The van der Waals surface area contributed by atoms with Gasteiger partial charge in [-0.25, -0.2) is 8.42 Å². The molecule has 1 atom stereocenters. The van der Waals surface area contributed by atoms with Crippen molar-refractivity contribution in [2.75, 3.05) is 19.7 Å². The van der Waals surface area contributed by atoms with Crippen LogP contribution in [-0.4, -0.2) is 48.2 Å². The Kier molecular flexibility index (Phi) is 5.97. The van der Waals surface area contributed by atoms with Crippen molar-refractivity contribution in [3.05, 3.63) is 41.0 Å². The number of aromatic nitrogens is 2. The highest BCUT2D eigenvalue weighted by Gasteiger charge is 2.43. The molecule has 3 heterocycles. The van der Waals surface area contributed by atoms with Gasteiger partial charge in [0, 0.05) is 37.6 Å². The molecular formula is C20H26ClN3O4S. The maximum absolute atomic E-state index is 12.9. The number of ether oxygens (including phenoxy) is 1. The molecule has 2 fully saturated rings. The van der Waals surface area contributed by atoms with Gasteiger partial charge in [-0.1, -0.05) is 23.7 Å². The third kappa shape index (κ3) is 4.50. The third-order valence-corrected chi connectivity index (χ3v) is 8.13. The van der Waals surface area contributed by atoms with E-state index in [2.05, 4.69) is 10.1 Å². The fraction of sp³-hybridized carbons (Fsp3) is 0.600. The predicted octanol–water partition coefficient (Wildman–Crippen LogP) is 3.48. The lowest BCUT2D eigenvalue weighted by molar-refractivity contribution is -0.121. The van der Waals surface area contributed by atoms with Crippen molar-refractivity contribution in [2.24, 2.45) is 5.92 Å². The lowest BCUT2D eigenvalue weighted by atomic mass is 9.79. The molecule has 1 aromatic heterocycles. The summed E-state index contributed by atoms with van der Waals surface area (Å²) in [6.07, 6.45) is 4.76. The second kappa shape index (κ2) is 8.34. The van der Waals surface area contributed by atoms with Gasteiger partial charge in [-0.3, -0.25) is 0 Å². The molecule has 2 aromatic rings. The van der Waals surface area contributed by atoms with Crippen LogP contribution in [0.4, 0.5) is 0 Å². The number of halogens is 1. The Hall–Kier alpha value is -1.48. The van der Waals surface area contributed by atoms with E-state index < -0.39 is 10.0 Å². The van der Waals surface area contributed by atoms with Crippen molar-refractivity contribution in [3.8, 4) is 0 Å². The summed E-state index contributed by atoms with van der Waals surface area (Å²) < 4.78 is 38.9. The van der Waals surface area contributed by atoms with Crippen LogP contribution < -0.4 is 0 Å². The number of benzene rings is 1. The average molecular weight is 440 g/mol. The Morgan fingerprint density at radius 2 is 1.97 bits per heavy atom. The Morgan fingerprint density at radius 3 is 2.62 bits per heavy atom. The summed E-state index contributed by atoms with van der Waals surface area (Å²) in [6, 6.07) is 6.33. The van der Waals surface area contributed by atoms with Crippen molar-refractivity contribution >= 4 is 21.6 Å². The van der Waals surface area contributed by atoms with Gasteiger partial charge in [0.2, 0.25) is 15.9 Å². The van der Waals surface area contributed by atoms with Gasteiger partial charge < -0.3 is 9.26 Å². The lowest BCUT2D eigenvalue weighted by Crippen LogP contribution is -2.50. The van der Waals surface area contributed by atoms with Crippen molar-refractivity contribution < 1.29 is 17.7 Å². The van der Waals surface area contributed by atoms with Crippen LogP contribution in [-0.2, 0) is 27.6 Å². The second-order valence-electron chi connectivity index (χ2n) is 7.91. The Bertz CT molecular complexity index is 937. The average Bonchev–Trinajstić information content (AvgIpc) is 3.16. The van der Waals surface area contributed by atoms with Crippen LogP contribution in [0.1, 0.15) is 44.3 Å². The van der Waals surface area contributed by atoms with Gasteiger partial charge in [0.05, 0.1) is 10.5 Å². The van der Waals surface area contributed by atoms with Gasteiger partial charge in [-0.2, -0.15) is 9.29 Å². The third-order valence-electron chi connectivity index (χ3n) is 5.97. The van der Waals surface area contributed by atoms with E-state index in [9.17, 15) is 8.42 Å². The quantitative estimate of drug-likeness (QED) is 0.709. The van der Waals surface area contributed by atoms with E-state index in [1.54, 1.807) is 28.6 Å². The zero-order valence-electron chi connectivity index (χ0n) is 16.5. The molecule has 2 aliphatic heterocycles. The standard InChI is InChI=1S/C20H26ClN3O4S/c1-2-18-22-19(28-23-18)13-15-7-12-27-20(14-15)8-10-24(11-9-20)29(25,26)17-5-3-16(21)4-6-17/h3-6,15H,2,7-14H2,1H3. The van der Waals surface area contributed by atoms with E-state index in [4.69, 9.17) is 20.9 Å². The first-order valence-electron chi connectivity index (χ1n) is 10.1. The van der Waals surface area contributed by atoms with E-state index in [1.165, 1.54) is 0 Å². The van der Waals surface area contributed by atoms with Gasteiger partial charge >= 0.3 is 0 Å². The molecule has 4 rings (SSSR count). The minimum Gasteiger partial charge on any atom is -0.375 e. The molecule has 0 aliphatic carbocycles. The fourth-order valence-corrected chi connectivity index (χ4v) is 5.87. The summed E-state index contributed by atoms with van der Waals surface area (Å²) >= 11 is 5.89. The largest absolute Gasteiger partial charge is 0.375 e. The Labute approximate surface area is 176 Å². The molecule has 0 amide bonds. The number of hydrogen-bond acceptors (Lipinski definition) is 6. The van der Waals surface area contributed by atoms with Gasteiger partial charge in [-0.15, -0.1) is 0 Å². The number of aryl methyl sites for hydroxylation is 1. The zero-order valence-corrected chi connectivity index (χ0v) is 18.1. The summed E-state index contributed by atoms with van der Waals surface area (Å²) in [5, 5.41) is 4.50. The summed E-state index contributed by atoms with van der Waals surface area (Å²) in [7, 11) is -3.51. The van der Waals surface area contributed by atoms with Crippen LogP contribution in [0.3, 0.4) is 0 Å². The van der Waals surface area contributed by atoms with Crippen LogP contribution in [0.15, 0.2) is 33.7 Å². The zero-order chi connectivity index (χ0) is 20.5. The number of nitrogens with zero attached hydrogens (tertiary/aromatic N) is 3. The maximum Gasteiger partial charge on any atom is 0.243 e. The molecule has 2 saturated heterocycles. The second-order valence-corrected chi connectivity index (χ2v) is 10.3. The van der Waals surface area contributed by atoms with Crippen molar-refractivity contribution in [1.82, 2.24) is 14.4 Å². The molecule has 7 nitrogen and oxygen atoms in total. The van der Waals surface area contributed by atoms with Crippen LogP contribution >= 0.6 is 11.6 Å².